The molecule has 0 aromatic heterocycles. The van der Waals surface area contributed by atoms with E-state index < -0.39 is 35.7 Å². The number of esters is 1. The SMILES string of the molecule is COC(=O)[C@H](C)NC(=O)[C@H](CSCc1ccccc1)NC(=O)OC(C)(C)C. The monoisotopic (exact) mass is 396 g/mol. The molecular formula is C19H28N2O5S. The number of alkyl carbamates (subject to hydrolysis) is 1. The van der Waals surface area contributed by atoms with Crippen molar-refractivity contribution in [1.29, 1.82) is 0 Å². The molecule has 8 heteroatoms. The maximum Gasteiger partial charge on any atom is 0.408 e. The predicted molar refractivity (Wildman–Crippen MR) is 105 cm³/mol. The molecule has 0 aliphatic rings. The molecule has 0 heterocycles. The fraction of sp³-hybridized carbons (Fsp3) is 0.526. The molecule has 2 N–H and O–H groups in total. The maximum absolute atomic E-state index is 12.5. The van der Waals surface area contributed by atoms with Crippen LogP contribution in [0.4, 0.5) is 4.79 Å². The van der Waals surface area contributed by atoms with Gasteiger partial charge in [-0.15, -0.1) is 0 Å². The number of rotatable bonds is 8. The second kappa shape index (κ2) is 10.8. The van der Waals surface area contributed by atoms with Crippen LogP contribution in [0.2, 0.25) is 0 Å². The molecule has 7 nitrogen and oxygen atoms in total. The van der Waals surface area contributed by atoms with E-state index in [9.17, 15) is 14.4 Å². The smallest absolute Gasteiger partial charge is 0.408 e. The molecule has 150 valence electrons. The third kappa shape index (κ3) is 9.33. The topological polar surface area (TPSA) is 93.7 Å². The first kappa shape index (κ1) is 22.8. The average Bonchev–Trinajstić information content (AvgIpc) is 2.59. The highest BCUT2D eigenvalue weighted by atomic mass is 32.2. The molecule has 0 aliphatic carbocycles. The third-order valence-corrected chi connectivity index (χ3v) is 4.42. The Labute approximate surface area is 164 Å². The van der Waals surface area contributed by atoms with Gasteiger partial charge in [0.1, 0.15) is 17.7 Å². The second-order valence-electron chi connectivity index (χ2n) is 6.95. The van der Waals surface area contributed by atoms with Crippen LogP contribution in [0.25, 0.3) is 0 Å². The van der Waals surface area contributed by atoms with Gasteiger partial charge in [-0.05, 0) is 33.3 Å². The number of carbonyl (C=O) groups is 3. The highest BCUT2D eigenvalue weighted by molar-refractivity contribution is 7.98. The van der Waals surface area contributed by atoms with E-state index in [1.165, 1.54) is 25.8 Å². The third-order valence-electron chi connectivity index (χ3n) is 3.32. The zero-order valence-corrected chi connectivity index (χ0v) is 17.2. The Morgan fingerprint density at radius 2 is 1.74 bits per heavy atom. The highest BCUT2D eigenvalue weighted by Crippen LogP contribution is 2.14. The van der Waals surface area contributed by atoms with Crippen LogP contribution < -0.4 is 10.6 Å². The van der Waals surface area contributed by atoms with Gasteiger partial charge in [0.15, 0.2) is 0 Å². The Morgan fingerprint density at radius 1 is 1.11 bits per heavy atom. The lowest BCUT2D eigenvalue weighted by Crippen LogP contribution is -2.52. The van der Waals surface area contributed by atoms with Gasteiger partial charge in [-0.3, -0.25) is 4.79 Å². The number of amides is 2. The van der Waals surface area contributed by atoms with Gasteiger partial charge in [0, 0.05) is 11.5 Å². The predicted octanol–water partition coefficient (Wildman–Crippen LogP) is 2.49. The minimum atomic E-state index is -0.847. The molecule has 0 bridgehead atoms. The zero-order valence-electron chi connectivity index (χ0n) is 16.4. The summed E-state index contributed by atoms with van der Waals surface area (Å²) in [6.45, 7) is 6.74. The number of nitrogens with one attached hydrogen (secondary N) is 2. The van der Waals surface area contributed by atoms with Crippen LogP contribution in [-0.2, 0) is 24.8 Å². The summed E-state index contributed by atoms with van der Waals surface area (Å²) >= 11 is 1.50. The number of hydrogen-bond donors (Lipinski definition) is 2. The Bertz CT molecular complexity index is 631. The molecule has 27 heavy (non-hydrogen) atoms. The van der Waals surface area contributed by atoms with Crippen molar-refractivity contribution in [2.24, 2.45) is 0 Å². The molecule has 2 amide bonds. The lowest BCUT2D eigenvalue weighted by molar-refractivity contribution is -0.144. The molecule has 0 radical (unpaired) electrons. The molecule has 0 saturated carbocycles. The number of ether oxygens (including phenoxy) is 2. The van der Waals surface area contributed by atoms with Gasteiger partial charge in [-0.25, -0.2) is 9.59 Å². The molecule has 2 atom stereocenters. The van der Waals surface area contributed by atoms with Crippen molar-refractivity contribution in [2.45, 2.75) is 51.1 Å². The van der Waals surface area contributed by atoms with Crippen LogP contribution in [-0.4, -0.2) is 48.5 Å². The van der Waals surface area contributed by atoms with E-state index in [2.05, 4.69) is 15.4 Å². The summed E-state index contributed by atoms with van der Waals surface area (Å²) in [5.74, 6) is -0.0169. The van der Waals surface area contributed by atoms with Gasteiger partial charge >= 0.3 is 12.1 Å². The molecule has 1 aromatic rings. The van der Waals surface area contributed by atoms with Crippen molar-refractivity contribution < 1.29 is 23.9 Å². The zero-order chi connectivity index (χ0) is 20.4. The summed E-state index contributed by atoms with van der Waals surface area (Å²) in [4.78, 5) is 36.1. The fourth-order valence-electron chi connectivity index (χ4n) is 2.05. The van der Waals surface area contributed by atoms with Crippen molar-refractivity contribution in [3.63, 3.8) is 0 Å². The molecular weight excluding hydrogens is 368 g/mol. The molecule has 0 spiro atoms. The minimum absolute atomic E-state index is 0.327. The van der Waals surface area contributed by atoms with Crippen LogP contribution >= 0.6 is 11.8 Å². The van der Waals surface area contributed by atoms with Gasteiger partial charge in [-0.2, -0.15) is 11.8 Å². The van der Waals surface area contributed by atoms with Gasteiger partial charge in [0.05, 0.1) is 7.11 Å². The number of hydrogen-bond acceptors (Lipinski definition) is 6. The lowest BCUT2D eigenvalue weighted by Gasteiger charge is -2.24. The first-order valence-corrected chi connectivity index (χ1v) is 9.77. The fourth-order valence-corrected chi connectivity index (χ4v) is 3.07. The van der Waals surface area contributed by atoms with Crippen molar-refractivity contribution in [3.8, 4) is 0 Å². The summed E-state index contributed by atoms with van der Waals surface area (Å²) in [5, 5.41) is 5.13. The van der Waals surface area contributed by atoms with Gasteiger partial charge < -0.3 is 20.1 Å². The first-order chi connectivity index (χ1) is 12.6. The minimum Gasteiger partial charge on any atom is -0.467 e. The Kier molecular flexibility index (Phi) is 9.14. The average molecular weight is 397 g/mol. The molecule has 0 saturated heterocycles. The summed E-state index contributed by atoms with van der Waals surface area (Å²) < 4.78 is 9.83. The van der Waals surface area contributed by atoms with Crippen LogP contribution in [0.3, 0.4) is 0 Å². The summed E-state index contributed by atoms with van der Waals surface area (Å²) in [5.41, 5.74) is 0.434. The second-order valence-corrected chi connectivity index (χ2v) is 7.98. The lowest BCUT2D eigenvalue weighted by atomic mass is 10.2. The maximum atomic E-state index is 12.5. The van der Waals surface area contributed by atoms with E-state index in [0.717, 1.165) is 5.56 Å². The van der Waals surface area contributed by atoms with Crippen LogP contribution in [0, 0.1) is 0 Å². The summed E-state index contributed by atoms with van der Waals surface area (Å²) in [7, 11) is 1.25. The van der Waals surface area contributed by atoms with E-state index in [1.54, 1.807) is 20.8 Å². The number of methoxy groups -OCH3 is 1. The van der Waals surface area contributed by atoms with E-state index >= 15 is 0 Å². The number of carbonyl (C=O) groups excluding carboxylic acids is 3. The van der Waals surface area contributed by atoms with E-state index in [0.29, 0.717) is 11.5 Å². The van der Waals surface area contributed by atoms with Gasteiger partial charge in [-0.1, -0.05) is 30.3 Å². The van der Waals surface area contributed by atoms with Crippen LogP contribution in [0.5, 0.6) is 0 Å². The van der Waals surface area contributed by atoms with Crippen molar-refractivity contribution in [2.75, 3.05) is 12.9 Å². The quantitative estimate of drug-likeness (QED) is 0.656. The van der Waals surface area contributed by atoms with Gasteiger partial charge in [0.25, 0.3) is 0 Å². The summed E-state index contributed by atoms with van der Waals surface area (Å²) in [6.07, 6.45) is -0.686. The Morgan fingerprint density at radius 3 is 2.30 bits per heavy atom. The van der Waals surface area contributed by atoms with E-state index in [-0.39, 0.29) is 0 Å². The number of benzene rings is 1. The van der Waals surface area contributed by atoms with Crippen LogP contribution in [0.15, 0.2) is 30.3 Å². The molecule has 0 aliphatic heterocycles. The van der Waals surface area contributed by atoms with E-state index in [1.807, 2.05) is 30.3 Å². The largest absolute Gasteiger partial charge is 0.467 e. The molecule has 1 aromatic carbocycles. The molecule has 0 fully saturated rings. The Hall–Kier alpha value is -2.22. The van der Waals surface area contributed by atoms with Crippen molar-refractivity contribution >= 4 is 29.7 Å². The Balaban J connectivity index is 2.70. The standard InChI is InChI=1S/C19H28N2O5S/c1-13(17(23)25-5)20-16(22)15(21-18(24)26-19(2,3)4)12-27-11-14-9-7-6-8-10-14/h6-10,13,15H,11-12H2,1-5H3,(H,20,22)(H,21,24)/t13-,15-/m0/s1. The highest BCUT2D eigenvalue weighted by Gasteiger charge is 2.27. The first-order valence-electron chi connectivity index (χ1n) is 8.61. The normalized spacial score (nSPS) is 13.2. The van der Waals surface area contributed by atoms with E-state index in [4.69, 9.17) is 4.74 Å². The summed E-state index contributed by atoms with van der Waals surface area (Å²) in [6, 6.07) is 8.13. The van der Waals surface area contributed by atoms with Gasteiger partial charge in [0.2, 0.25) is 5.91 Å². The van der Waals surface area contributed by atoms with Crippen molar-refractivity contribution in [3.05, 3.63) is 35.9 Å². The van der Waals surface area contributed by atoms with Crippen molar-refractivity contribution in [1.82, 2.24) is 10.6 Å². The van der Waals surface area contributed by atoms with Crippen LogP contribution in [0.1, 0.15) is 33.3 Å². The number of thioether (sulfide) groups is 1. The molecule has 0 unspecified atom stereocenters. The molecule has 1 rings (SSSR count).